The largest absolute Gasteiger partial charge is 0.508 e. The predicted molar refractivity (Wildman–Crippen MR) is 210 cm³/mol. The molecule has 2 aromatic rings. The van der Waals surface area contributed by atoms with Crippen molar-refractivity contribution in [3.8, 4) is 17.2 Å². The standard InChI is InChI=1S/C38H68O5Si4/c1-31-29-34(19-21-36(31)39)13-11-25-44(3,4)42-46(7,8)27-23-32-15-17-33(18-16-32)24-28-47(9,10)43-45(5,6)26-12-14-35-20-22-37(40)38(30-35)41-2/h19-22,29-30,32-33,39-40H,11-18,23-28H2,1-10H3. The number of aryl methyl sites for hydroxylation is 3. The van der Waals surface area contributed by atoms with E-state index in [2.05, 4.69) is 64.5 Å². The van der Waals surface area contributed by atoms with Crippen molar-refractivity contribution in [2.45, 2.75) is 148 Å². The molecule has 0 bridgehead atoms. The molecule has 2 aromatic carbocycles. The van der Waals surface area contributed by atoms with Gasteiger partial charge in [0, 0.05) is 0 Å². The lowest BCUT2D eigenvalue weighted by Crippen LogP contribution is -2.44. The monoisotopic (exact) mass is 716 g/mol. The third-order valence-electron chi connectivity index (χ3n) is 10.4. The number of phenols is 2. The predicted octanol–water partition coefficient (Wildman–Crippen LogP) is 11.4. The molecule has 0 aromatic heterocycles. The number of hydrogen-bond donors (Lipinski definition) is 2. The van der Waals surface area contributed by atoms with Crippen molar-refractivity contribution in [2.75, 3.05) is 7.11 Å². The Hall–Kier alpha value is -1.37. The summed E-state index contributed by atoms with van der Waals surface area (Å²) in [6.45, 7) is 21.4. The highest BCUT2D eigenvalue weighted by Gasteiger charge is 2.35. The van der Waals surface area contributed by atoms with E-state index in [1.54, 1.807) is 13.2 Å². The van der Waals surface area contributed by atoms with E-state index in [4.69, 9.17) is 13.0 Å². The zero-order valence-electron chi connectivity index (χ0n) is 31.6. The summed E-state index contributed by atoms with van der Waals surface area (Å²) in [5.74, 6) is 2.91. The number of aromatic hydroxyl groups is 2. The van der Waals surface area contributed by atoms with Crippen molar-refractivity contribution in [3.63, 3.8) is 0 Å². The first-order valence-corrected chi connectivity index (χ1v) is 30.9. The van der Waals surface area contributed by atoms with Crippen LogP contribution in [0.15, 0.2) is 36.4 Å². The van der Waals surface area contributed by atoms with Crippen LogP contribution >= 0.6 is 0 Å². The Bertz CT molecular complexity index is 1250. The molecule has 1 saturated carbocycles. The summed E-state index contributed by atoms with van der Waals surface area (Å²) in [5, 5.41) is 19.7. The molecule has 0 radical (unpaired) electrons. The van der Waals surface area contributed by atoms with Crippen LogP contribution in [0.25, 0.3) is 0 Å². The third-order valence-corrected chi connectivity index (χ3v) is 25.3. The normalized spacial score (nSPS) is 18.0. The fraction of sp³-hybridized carbons (Fsp3) is 0.684. The average Bonchev–Trinajstić information content (AvgIpc) is 2.97. The number of rotatable bonds is 19. The maximum Gasteiger partial charge on any atom is 0.173 e. The first kappa shape index (κ1) is 40.1. The van der Waals surface area contributed by atoms with Crippen LogP contribution in [0.3, 0.4) is 0 Å². The van der Waals surface area contributed by atoms with Crippen LogP contribution in [0, 0.1) is 18.8 Å². The second kappa shape index (κ2) is 17.5. The number of hydrogen-bond acceptors (Lipinski definition) is 5. The van der Waals surface area contributed by atoms with Crippen molar-refractivity contribution in [2.24, 2.45) is 11.8 Å². The van der Waals surface area contributed by atoms with Gasteiger partial charge in [-0.25, -0.2) is 0 Å². The van der Waals surface area contributed by atoms with Crippen LogP contribution in [0.2, 0.25) is 76.6 Å². The van der Waals surface area contributed by atoms with Gasteiger partial charge in [0.15, 0.2) is 44.8 Å². The Labute approximate surface area is 292 Å². The number of methoxy groups -OCH3 is 1. The van der Waals surface area contributed by atoms with Crippen molar-refractivity contribution >= 4 is 33.3 Å². The quantitative estimate of drug-likeness (QED) is 0.142. The second-order valence-electron chi connectivity index (χ2n) is 17.0. The minimum atomic E-state index is -1.73. The van der Waals surface area contributed by atoms with E-state index in [0.29, 0.717) is 11.5 Å². The summed E-state index contributed by atoms with van der Waals surface area (Å²) < 4.78 is 19.3. The third kappa shape index (κ3) is 14.6. The molecule has 5 nitrogen and oxygen atoms in total. The second-order valence-corrected chi connectivity index (χ2v) is 34.8. The first-order valence-electron chi connectivity index (χ1n) is 18.4. The molecule has 0 amide bonds. The minimum absolute atomic E-state index is 0.206. The molecule has 3 rings (SSSR count). The SMILES string of the molecule is COc1cc(CCC[Si](C)(C)O[Si](C)(C)CCC2CCC(CC[Si](C)(C)O[Si](C)(C)CCCc3ccc(O)c(C)c3)CC2)ccc1O. The van der Waals surface area contributed by atoms with Crippen LogP contribution in [0.4, 0.5) is 0 Å². The van der Waals surface area contributed by atoms with E-state index >= 15 is 0 Å². The van der Waals surface area contributed by atoms with Crippen LogP contribution in [0.5, 0.6) is 17.2 Å². The molecule has 0 heterocycles. The Morgan fingerprint density at radius 1 is 0.596 bits per heavy atom. The minimum Gasteiger partial charge on any atom is -0.508 e. The highest BCUT2D eigenvalue weighted by Crippen LogP contribution is 2.38. The molecule has 1 aliphatic rings. The summed E-state index contributed by atoms with van der Waals surface area (Å²) in [6.07, 6.45) is 12.6. The van der Waals surface area contributed by atoms with Gasteiger partial charge in [-0.3, -0.25) is 0 Å². The molecule has 9 heteroatoms. The summed E-state index contributed by atoms with van der Waals surface area (Å²) in [7, 11) is -5.19. The van der Waals surface area contributed by atoms with Crippen LogP contribution < -0.4 is 4.74 Å². The molecule has 47 heavy (non-hydrogen) atoms. The van der Waals surface area contributed by atoms with Crippen LogP contribution in [-0.4, -0.2) is 50.6 Å². The van der Waals surface area contributed by atoms with E-state index in [-0.39, 0.29) is 5.75 Å². The van der Waals surface area contributed by atoms with Gasteiger partial charge < -0.3 is 23.2 Å². The summed E-state index contributed by atoms with van der Waals surface area (Å²) >= 11 is 0. The molecule has 0 unspecified atom stereocenters. The zero-order chi connectivity index (χ0) is 34.9. The van der Waals surface area contributed by atoms with Gasteiger partial charge in [-0.1, -0.05) is 56.7 Å². The van der Waals surface area contributed by atoms with Crippen molar-refractivity contribution < 1.29 is 23.2 Å². The molecule has 1 aliphatic carbocycles. The van der Waals surface area contributed by atoms with E-state index < -0.39 is 33.3 Å². The Balaban J connectivity index is 1.32. The van der Waals surface area contributed by atoms with Crippen molar-refractivity contribution in [3.05, 3.63) is 53.1 Å². The topological polar surface area (TPSA) is 68.2 Å². The van der Waals surface area contributed by atoms with Gasteiger partial charge in [0.1, 0.15) is 5.75 Å². The Morgan fingerprint density at radius 2 is 1.00 bits per heavy atom. The molecule has 0 aliphatic heterocycles. The van der Waals surface area contributed by atoms with E-state index in [9.17, 15) is 10.2 Å². The van der Waals surface area contributed by atoms with E-state index in [1.165, 1.54) is 80.2 Å². The molecule has 0 spiro atoms. The fourth-order valence-corrected chi connectivity index (χ4v) is 25.7. The van der Waals surface area contributed by atoms with Crippen LogP contribution in [-0.2, 0) is 21.1 Å². The van der Waals surface area contributed by atoms with E-state index in [0.717, 1.165) is 36.7 Å². The summed E-state index contributed by atoms with van der Waals surface area (Å²) in [4.78, 5) is 0. The highest BCUT2D eigenvalue weighted by atomic mass is 28.4. The maximum absolute atomic E-state index is 9.88. The average molecular weight is 717 g/mol. The molecular formula is C38H68O5Si4. The number of benzene rings is 2. The summed E-state index contributed by atoms with van der Waals surface area (Å²) in [5.41, 5.74) is 3.51. The van der Waals surface area contributed by atoms with Crippen LogP contribution in [0.1, 0.15) is 68.1 Å². The lowest BCUT2D eigenvalue weighted by molar-refractivity contribution is 0.260. The van der Waals surface area contributed by atoms with E-state index in [1.807, 2.05) is 25.1 Å². The highest BCUT2D eigenvalue weighted by molar-refractivity contribution is 6.85. The lowest BCUT2D eigenvalue weighted by atomic mass is 9.80. The summed E-state index contributed by atoms with van der Waals surface area (Å²) in [6, 6.07) is 16.7. The molecule has 0 atom stereocenters. The Kier molecular flexibility index (Phi) is 14.9. The molecule has 2 N–H and O–H groups in total. The number of ether oxygens (including phenoxy) is 1. The lowest BCUT2D eigenvalue weighted by Gasteiger charge is -2.37. The first-order chi connectivity index (χ1) is 21.9. The fourth-order valence-electron chi connectivity index (χ4n) is 7.80. The van der Waals surface area contributed by atoms with Gasteiger partial charge in [0.05, 0.1) is 7.11 Å². The van der Waals surface area contributed by atoms with Gasteiger partial charge in [-0.2, -0.15) is 0 Å². The van der Waals surface area contributed by atoms with Crippen molar-refractivity contribution in [1.82, 2.24) is 0 Å². The Morgan fingerprint density at radius 3 is 1.43 bits per heavy atom. The van der Waals surface area contributed by atoms with Gasteiger partial charge in [-0.15, -0.1) is 0 Å². The molecular weight excluding hydrogens is 649 g/mol. The smallest absolute Gasteiger partial charge is 0.173 e. The zero-order valence-corrected chi connectivity index (χ0v) is 35.6. The van der Waals surface area contributed by atoms with Gasteiger partial charge in [0.25, 0.3) is 0 Å². The molecule has 1 fully saturated rings. The molecule has 266 valence electrons. The molecule has 0 saturated heterocycles. The van der Waals surface area contributed by atoms with Gasteiger partial charge >= 0.3 is 0 Å². The number of phenolic OH excluding ortho intramolecular Hbond substituents is 2. The van der Waals surface area contributed by atoms with Crippen molar-refractivity contribution in [1.29, 1.82) is 0 Å². The van der Waals surface area contributed by atoms with Gasteiger partial charge in [-0.05, 0) is 156 Å². The maximum atomic E-state index is 9.88. The van der Waals surface area contributed by atoms with Gasteiger partial charge in [0.2, 0.25) is 0 Å².